The van der Waals surface area contributed by atoms with Crippen molar-refractivity contribution in [1.82, 2.24) is 10.2 Å². The van der Waals surface area contributed by atoms with Crippen molar-refractivity contribution in [3.63, 3.8) is 0 Å². The molecular weight excluding hydrogens is 410 g/mol. The molecule has 2 amide bonds. The third-order valence-electron chi connectivity index (χ3n) is 5.08. The van der Waals surface area contributed by atoms with Crippen molar-refractivity contribution < 1.29 is 14.3 Å². The van der Waals surface area contributed by atoms with Gasteiger partial charge in [0.2, 0.25) is 5.91 Å². The predicted molar refractivity (Wildman–Crippen MR) is 127 cm³/mol. The van der Waals surface area contributed by atoms with Crippen LogP contribution in [0.3, 0.4) is 0 Å². The summed E-state index contributed by atoms with van der Waals surface area (Å²) in [7, 11) is 1.60. The van der Waals surface area contributed by atoms with Crippen molar-refractivity contribution in [3.8, 4) is 5.75 Å². The standard InChI is InChI=1S/C24H27N3O3S/c1-30-19-13-10-18(11-14-19)12-15-22(28)26-24(31)25-21-9-5-4-8-20(21)23(29)27-16-6-2-3-7-17-27/h4-5,8-15H,2-3,6-7,16-17H2,1H3,(H2,25,26,28,31). The average Bonchev–Trinajstić information content (AvgIpc) is 3.07. The molecule has 0 radical (unpaired) electrons. The van der Waals surface area contributed by atoms with Gasteiger partial charge < -0.3 is 15.0 Å². The van der Waals surface area contributed by atoms with Gasteiger partial charge in [0.05, 0.1) is 18.4 Å². The fraction of sp³-hybridized carbons (Fsp3) is 0.292. The van der Waals surface area contributed by atoms with Crippen LogP contribution in [0.2, 0.25) is 0 Å². The Labute approximate surface area is 188 Å². The summed E-state index contributed by atoms with van der Waals surface area (Å²) in [6.45, 7) is 1.54. The van der Waals surface area contributed by atoms with Crippen LogP contribution in [-0.2, 0) is 4.79 Å². The molecule has 1 saturated heterocycles. The van der Waals surface area contributed by atoms with Gasteiger partial charge in [-0.1, -0.05) is 37.1 Å². The molecule has 2 N–H and O–H groups in total. The minimum absolute atomic E-state index is 0.0153. The Bertz CT molecular complexity index is 949. The molecule has 0 bridgehead atoms. The Morgan fingerprint density at radius 3 is 2.35 bits per heavy atom. The van der Waals surface area contributed by atoms with Gasteiger partial charge in [0.25, 0.3) is 5.91 Å². The van der Waals surface area contributed by atoms with E-state index in [1.807, 2.05) is 41.3 Å². The summed E-state index contributed by atoms with van der Waals surface area (Å²) in [5.41, 5.74) is 2.00. The normalized spacial score (nSPS) is 14.0. The Morgan fingerprint density at radius 2 is 1.68 bits per heavy atom. The number of likely N-dealkylation sites (tertiary alicyclic amines) is 1. The first-order chi connectivity index (χ1) is 15.1. The number of nitrogens with one attached hydrogen (secondary N) is 2. The number of rotatable bonds is 5. The number of hydrogen-bond acceptors (Lipinski definition) is 4. The molecule has 7 heteroatoms. The molecule has 2 aromatic carbocycles. The van der Waals surface area contributed by atoms with E-state index in [-0.39, 0.29) is 16.9 Å². The number of thiocarbonyl (C=S) groups is 1. The fourth-order valence-electron chi connectivity index (χ4n) is 3.42. The van der Waals surface area contributed by atoms with E-state index in [4.69, 9.17) is 17.0 Å². The molecule has 1 heterocycles. The second kappa shape index (κ2) is 11.3. The summed E-state index contributed by atoms with van der Waals surface area (Å²) in [5, 5.41) is 5.75. The van der Waals surface area contributed by atoms with Gasteiger partial charge in [-0.05, 0) is 61.0 Å². The maximum Gasteiger partial charge on any atom is 0.255 e. The maximum absolute atomic E-state index is 13.0. The SMILES string of the molecule is COc1ccc(C=CC(=O)NC(=S)Nc2ccccc2C(=O)N2CCCCCC2)cc1. The highest BCUT2D eigenvalue weighted by Gasteiger charge is 2.20. The van der Waals surface area contributed by atoms with E-state index in [2.05, 4.69) is 10.6 Å². The van der Waals surface area contributed by atoms with Gasteiger partial charge in [-0.2, -0.15) is 0 Å². The van der Waals surface area contributed by atoms with Crippen molar-refractivity contribution in [3.05, 3.63) is 65.7 Å². The minimum Gasteiger partial charge on any atom is -0.497 e. The van der Waals surface area contributed by atoms with Crippen LogP contribution in [0.1, 0.15) is 41.6 Å². The first kappa shape index (κ1) is 22.5. The van der Waals surface area contributed by atoms with Gasteiger partial charge in [0.15, 0.2) is 5.11 Å². The van der Waals surface area contributed by atoms with Crippen LogP contribution >= 0.6 is 12.2 Å². The largest absolute Gasteiger partial charge is 0.497 e. The predicted octanol–water partition coefficient (Wildman–Crippen LogP) is 4.24. The van der Waals surface area contributed by atoms with E-state index in [0.717, 1.165) is 50.1 Å². The number of nitrogens with zero attached hydrogens (tertiary/aromatic N) is 1. The molecule has 1 aliphatic rings. The van der Waals surface area contributed by atoms with Gasteiger partial charge in [-0.3, -0.25) is 14.9 Å². The average molecular weight is 438 g/mol. The first-order valence-electron chi connectivity index (χ1n) is 10.4. The van der Waals surface area contributed by atoms with Gasteiger partial charge in [-0.25, -0.2) is 0 Å². The lowest BCUT2D eigenvalue weighted by Gasteiger charge is -2.22. The zero-order chi connectivity index (χ0) is 22.1. The lowest BCUT2D eigenvalue weighted by molar-refractivity contribution is -0.115. The Kier molecular flexibility index (Phi) is 8.18. The fourth-order valence-corrected chi connectivity index (χ4v) is 3.63. The number of amides is 2. The topological polar surface area (TPSA) is 70.7 Å². The van der Waals surface area contributed by atoms with E-state index < -0.39 is 0 Å². The van der Waals surface area contributed by atoms with E-state index in [9.17, 15) is 9.59 Å². The molecule has 0 aliphatic carbocycles. The molecule has 1 fully saturated rings. The van der Waals surface area contributed by atoms with E-state index in [1.54, 1.807) is 25.3 Å². The molecule has 2 aromatic rings. The van der Waals surface area contributed by atoms with Crippen molar-refractivity contribution in [2.75, 3.05) is 25.5 Å². The van der Waals surface area contributed by atoms with Gasteiger partial charge >= 0.3 is 0 Å². The minimum atomic E-state index is -0.357. The summed E-state index contributed by atoms with van der Waals surface area (Å²) >= 11 is 5.28. The van der Waals surface area contributed by atoms with Crippen molar-refractivity contribution in [1.29, 1.82) is 0 Å². The van der Waals surface area contributed by atoms with Crippen molar-refractivity contribution in [2.24, 2.45) is 0 Å². The van der Waals surface area contributed by atoms with Crippen LogP contribution in [0.5, 0.6) is 5.75 Å². The summed E-state index contributed by atoms with van der Waals surface area (Å²) < 4.78 is 5.12. The van der Waals surface area contributed by atoms with Crippen LogP contribution < -0.4 is 15.4 Å². The number of methoxy groups -OCH3 is 1. The maximum atomic E-state index is 13.0. The van der Waals surface area contributed by atoms with E-state index in [1.165, 1.54) is 6.08 Å². The highest BCUT2D eigenvalue weighted by Crippen LogP contribution is 2.20. The molecule has 0 spiro atoms. The molecule has 162 valence electrons. The summed E-state index contributed by atoms with van der Waals surface area (Å²) in [6.07, 6.45) is 7.46. The van der Waals surface area contributed by atoms with Crippen molar-refractivity contribution in [2.45, 2.75) is 25.7 Å². The van der Waals surface area contributed by atoms with E-state index in [0.29, 0.717) is 11.3 Å². The molecule has 6 nitrogen and oxygen atoms in total. The summed E-state index contributed by atoms with van der Waals surface area (Å²) in [6, 6.07) is 14.6. The number of carbonyl (C=O) groups excluding carboxylic acids is 2. The van der Waals surface area contributed by atoms with Crippen molar-refractivity contribution >= 4 is 40.9 Å². The van der Waals surface area contributed by atoms with Gasteiger partial charge in [0, 0.05) is 19.2 Å². The van der Waals surface area contributed by atoms with Crippen LogP contribution in [0.15, 0.2) is 54.6 Å². The highest BCUT2D eigenvalue weighted by atomic mass is 32.1. The summed E-state index contributed by atoms with van der Waals surface area (Å²) in [5.74, 6) is 0.378. The molecule has 1 aliphatic heterocycles. The van der Waals surface area contributed by atoms with Gasteiger partial charge in [0.1, 0.15) is 5.75 Å². The monoisotopic (exact) mass is 437 g/mol. The summed E-state index contributed by atoms with van der Waals surface area (Å²) in [4.78, 5) is 27.1. The molecule has 0 aromatic heterocycles. The number of anilines is 1. The number of carbonyl (C=O) groups is 2. The zero-order valence-electron chi connectivity index (χ0n) is 17.6. The molecule has 31 heavy (non-hydrogen) atoms. The van der Waals surface area contributed by atoms with Crippen LogP contribution in [0, 0.1) is 0 Å². The number of benzene rings is 2. The Balaban J connectivity index is 1.60. The van der Waals surface area contributed by atoms with Crippen LogP contribution in [0.25, 0.3) is 6.08 Å². The molecular formula is C24H27N3O3S. The van der Waals surface area contributed by atoms with Gasteiger partial charge in [-0.15, -0.1) is 0 Å². The third kappa shape index (κ3) is 6.65. The zero-order valence-corrected chi connectivity index (χ0v) is 18.4. The number of ether oxygens (including phenoxy) is 1. The van der Waals surface area contributed by atoms with E-state index >= 15 is 0 Å². The quantitative estimate of drug-likeness (QED) is 0.541. The third-order valence-corrected chi connectivity index (χ3v) is 5.28. The molecule has 0 unspecified atom stereocenters. The lowest BCUT2D eigenvalue weighted by atomic mass is 10.1. The smallest absolute Gasteiger partial charge is 0.255 e. The number of hydrogen-bond donors (Lipinski definition) is 2. The highest BCUT2D eigenvalue weighted by molar-refractivity contribution is 7.80. The second-order valence-corrected chi connectivity index (χ2v) is 7.71. The second-order valence-electron chi connectivity index (χ2n) is 7.30. The van der Waals surface area contributed by atoms with Crippen LogP contribution in [0.4, 0.5) is 5.69 Å². The molecule has 0 saturated carbocycles. The molecule has 0 atom stereocenters. The molecule has 3 rings (SSSR count). The number of para-hydroxylation sites is 1. The Hall–Kier alpha value is -3.19. The lowest BCUT2D eigenvalue weighted by Crippen LogP contribution is -2.35. The first-order valence-corrected chi connectivity index (χ1v) is 10.8. The Morgan fingerprint density at radius 1 is 1.00 bits per heavy atom. The van der Waals surface area contributed by atoms with Crippen LogP contribution in [-0.4, -0.2) is 42.0 Å².